The van der Waals surface area contributed by atoms with Crippen molar-refractivity contribution < 1.29 is 0 Å². The molecule has 1 aliphatic heterocycles. The molecule has 0 N–H and O–H groups in total. The summed E-state index contributed by atoms with van der Waals surface area (Å²) in [4.78, 5) is 17.1. The number of allylic oxidation sites excluding steroid dienone is 1. The van der Waals surface area contributed by atoms with E-state index < -0.39 is 5.41 Å². The van der Waals surface area contributed by atoms with Crippen LogP contribution in [0.15, 0.2) is 168 Å². The molecule has 0 fully saturated rings. The number of anilines is 3. The Morgan fingerprint density at radius 2 is 1.16 bits per heavy atom. The molecule has 44 heavy (non-hydrogen) atoms. The summed E-state index contributed by atoms with van der Waals surface area (Å²) < 4.78 is 0. The van der Waals surface area contributed by atoms with Gasteiger partial charge in [-0.3, -0.25) is 4.98 Å². The lowest BCUT2D eigenvalue weighted by Gasteiger charge is -2.45. The van der Waals surface area contributed by atoms with Crippen molar-refractivity contribution in [2.75, 3.05) is 4.90 Å². The van der Waals surface area contributed by atoms with Gasteiger partial charge in [0.25, 0.3) is 0 Å². The zero-order valence-electron chi connectivity index (χ0n) is 24.0. The number of hydrogen-bond acceptors (Lipinski definition) is 3. The number of aromatic nitrogens is 1. The molecule has 0 saturated heterocycles. The molecule has 0 saturated carbocycles. The van der Waals surface area contributed by atoms with Crippen LogP contribution in [-0.4, -0.2) is 17.5 Å². The van der Waals surface area contributed by atoms with E-state index in [4.69, 9.17) is 9.98 Å². The minimum absolute atomic E-state index is 0.573. The van der Waals surface area contributed by atoms with Gasteiger partial charge < -0.3 is 4.90 Å². The number of rotatable bonds is 4. The summed E-state index contributed by atoms with van der Waals surface area (Å²) in [5, 5.41) is 0. The molecular formula is C40H28N4. The highest BCUT2D eigenvalue weighted by Gasteiger charge is 2.54. The molecule has 5 aromatic carbocycles. The first-order valence-electron chi connectivity index (χ1n) is 14.7. The highest BCUT2D eigenvalue weighted by molar-refractivity contribution is 6.13. The maximum Gasteiger partial charge on any atom is 0.159 e. The van der Waals surface area contributed by atoms with Crippen LogP contribution >= 0.6 is 0 Å². The van der Waals surface area contributed by atoms with Gasteiger partial charge in [0.05, 0.1) is 28.2 Å². The van der Waals surface area contributed by atoms with Gasteiger partial charge in [-0.1, -0.05) is 115 Å². The average Bonchev–Trinajstić information content (AvgIpc) is 3.39. The van der Waals surface area contributed by atoms with Gasteiger partial charge in [0.1, 0.15) is 0 Å². The van der Waals surface area contributed by atoms with Crippen LogP contribution in [0.5, 0.6) is 0 Å². The Morgan fingerprint density at radius 1 is 0.591 bits per heavy atom. The number of benzene rings is 5. The maximum atomic E-state index is 5.35. The van der Waals surface area contributed by atoms with E-state index in [2.05, 4.69) is 126 Å². The van der Waals surface area contributed by atoms with E-state index >= 15 is 0 Å². The fourth-order valence-corrected chi connectivity index (χ4v) is 6.95. The van der Waals surface area contributed by atoms with Crippen molar-refractivity contribution in [1.29, 1.82) is 0 Å². The Hall–Kier alpha value is -5.87. The number of nitrogens with zero attached hydrogens (tertiary/aromatic N) is 4. The minimum Gasteiger partial charge on any atom is -0.310 e. The minimum atomic E-state index is -0.689. The zero-order chi connectivity index (χ0) is 29.5. The van der Waals surface area contributed by atoms with E-state index in [-0.39, 0.29) is 0 Å². The Labute approximate surface area is 257 Å². The van der Waals surface area contributed by atoms with E-state index in [1.807, 2.05) is 48.7 Å². The molecule has 0 radical (unpaired) electrons. The van der Waals surface area contributed by atoms with Crippen LogP contribution in [0.2, 0.25) is 0 Å². The van der Waals surface area contributed by atoms with Gasteiger partial charge in [-0.05, 0) is 59.8 Å². The van der Waals surface area contributed by atoms with Crippen molar-refractivity contribution in [1.82, 2.24) is 4.98 Å². The summed E-state index contributed by atoms with van der Waals surface area (Å²) >= 11 is 0. The van der Waals surface area contributed by atoms with Crippen molar-refractivity contribution in [3.8, 4) is 0 Å². The third-order valence-electron chi connectivity index (χ3n) is 8.63. The number of para-hydroxylation sites is 3. The molecule has 4 heteroatoms. The molecule has 0 unspecified atom stereocenters. The second-order valence-electron chi connectivity index (χ2n) is 10.9. The summed E-state index contributed by atoms with van der Waals surface area (Å²) in [6, 6.07) is 52.8. The van der Waals surface area contributed by atoms with Gasteiger partial charge in [-0.15, -0.1) is 0 Å². The third kappa shape index (κ3) is 3.74. The lowest BCUT2D eigenvalue weighted by molar-refractivity contribution is 0.790. The first-order chi connectivity index (χ1) is 21.8. The molecule has 1 aliphatic carbocycles. The molecule has 1 spiro atoms. The molecule has 6 aromatic rings. The van der Waals surface area contributed by atoms with Gasteiger partial charge >= 0.3 is 0 Å². The van der Waals surface area contributed by atoms with E-state index in [9.17, 15) is 0 Å². The van der Waals surface area contributed by atoms with E-state index in [1.165, 1.54) is 16.7 Å². The van der Waals surface area contributed by atoms with Crippen molar-refractivity contribution in [2.45, 2.75) is 5.41 Å². The maximum absolute atomic E-state index is 5.35. The van der Waals surface area contributed by atoms with Crippen molar-refractivity contribution in [2.24, 2.45) is 9.98 Å². The van der Waals surface area contributed by atoms with E-state index in [1.54, 1.807) is 0 Å². The first kappa shape index (κ1) is 25.8. The highest BCUT2D eigenvalue weighted by atomic mass is 15.2. The molecule has 0 bridgehead atoms. The highest BCUT2D eigenvalue weighted by Crippen LogP contribution is 2.64. The largest absolute Gasteiger partial charge is 0.310 e. The first-order valence-corrected chi connectivity index (χ1v) is 14.7. The quantitative estimate of drug-likeness (QED) is 0.158. The topological polar surface area (TPSA) is 40.9 Å². The number of hydrogen-bond donors (Lipinski definition) is 0. The molecule has 0 atom stereocenters. The molecule has 2 heterocycles. The monoisotopic (exact) mass is 564 g/mol. The summed E-state index contributed by atoms with van der Waals surface area (Å²) in [5.41, 5.74) is 10.9. The summed E-state index contributed by atoms with van der Waals surface area (Å²) in [6.07, 6.45) is 1.86. The second-order valence-corrected chi connectivity index (χ2v) is 10.9. The van der Waals surface area contributed by atoms with E-state index in [0.29, 0.717) is 5.84 Å². The van der Waals surface area contributed by atoms with E-state index in [0.717, 1.165) is 45.2 Å². The van der Waals surface area contributed by atoms with Gasteiger partial charge in [0.15, 0.2) is 5.84 Å². The Morgan fingerprint density at radius 3 is 1.80 bits per heavy atom. The van der Waals surface area contributed by atoms with Crippen LogP contribution in [0.1, 0.15) is 33.5 Å². The number of aliphatic imine (C=N–C) groups is 2. The van der Waals surface area contributed by atoms with Crippen LogP contribution in [-0.2, 0) is 5.41 Å². The lowest BCUT2D eigenvalue weighted by Crippen LogP contribution is -2.36. The van der Waals surface area contributed by atoms with Gasteiger partial charge in [0.2, 0.25) is 0 Å². The smallest absolute Gasteiger partial charge is 0.159 e. The van der Waals surface area contributed by atoms with Gasteiger partial charge in [-0.2, -0.15) is 0 Å². The molecule has 208 valence electrons. The SMILES string of the molecule is C=N/C(=N\C1=C(c2ccccn2)C2(c3ccccc31)c1ccccc1N(c1ccccc1)c1ccccc12)c1ccccc1. The fraction of sp³-hybridized carbons (Fsp3) is 0.0250. The average molecular weight is 565 g/mol. The molecule has 1 aromatic heterocycles. The van der Waals surface area contributed by atoms with Crippen LogP contribution in [0.3, 0.4) is 0 Å². The molecule has 2 aliphatic rings. The number of fused-ring (bicyclic) bond motifs is 6. The van der Waals surface area contributed by atoms with Crippen molar-refractivity contribution >= 4 is 40.9 Å². The van der Waals surface area contributed by atoms with Crippen molar-refractivity contribution in [3.05, 3.63) is 191 Å². The Kier molecular flexibility index (Phi) is 6.13. The summed E-state index contributed by atoms with van der Waals surface area (Å²) in [7, 11) is 0. The van der Waals surface area contributed by atoms with Crippen LogP contribution < -0.4 is 4.90 Å². The molecule has 8 rings (SSSR count). The van der Waals surface area contributed by atoms with Crippen LogP contribution in [0.4, 0.5) is 17.1 Å². The standard InChI is InChI=1S/C40H28N4/c1-41-39(28-16-4-2-5-17-28)43-38-30-20-8-9-21-31(30)40(37(38)34-24-14-15-27-42-34)32-22-10-12-25-35(32)44(29-18-6-3-7-19-29)36-26-13-11-23-33(36)40/h2-27H,1H2/b43-39-. The summed E-state index contributed by atoms with van der Waals surface area (Å²) in [5.74, 6) is 0.573. The lowest BCUT2D eigenvalue weighted by atomic mass is 9.63. The molecule has 4 nitrogen and oxygen atoms in total. The van der Waals surface area contributed by atoms with Crippen LogP contribution in [0, 0.1) is 0 Å². The third-order valence-corrected chi connectivity index (χ3v) is 8.63. The van der Waals surface area contributed by atoms with Crippen molar-refractivity contribution in [3.63, 3.8) is 0 Å². The number of pyridine rings is 1. The predicted molar refractivity (Wildman–Crippen MR) is 181 cm³/mol. The molecular weight excluding hydrogens is 536 g/mol. The second kappa shape index (κ2) is 10.4. The Balaban J connectivity index is 1.54. The Bertz CT molecular complexity index is 2030. The zero-order valence-corrected chi connectivity index (χ0v) is 24.0. The number of amidine groups is 1. The van der Waals surface area contributed by atoms with Crippen LogP contribution in [0.25, 0.3) is 11.3 Å². The fourth-order valence-electron chi connectivity index (χ4n) is 6.95. The normalized spacial score (nSPS) is 14.6. The molecule has 0 amide bonds. The van der Waals surface area contributed by atoms with Gasteiger partial charge in [-0.25, -0.2) is 9.98 Å². The van der Waals surface area contributed by atoms with Gasteiger partial charge in [0, 0.05) is 28.6 Å². The summed E-state index contributed by atoms with van der Waals surface area (Å²) in [6.45, 7) is 3.93. The predicted octanol–water partition coefficient (Wildman–Crippen LogP) is 9.23.